The molecule has 0 radical (unpaired) electrons. The van der Waals surface area contributed by atoms with Crippen molar-refractivity contribution in [3.8, 4) is 5.75 Å². The summed E-state index contributed by atoms with van der Waals surface area (Å²) in [4.78, 5) is 26.2. The van der Waals surface area contributed by atoms with Crippen molar-refractivity contribution in [3.63, 3.8) is 0 Å². The van der Waals surface area contributed by atoms with Crippen LogP contribution in [-0.4, -0.2) is 32.0 Å². The van der Waals surface area contributed by atoms with Gasteiger partial charge in [0.15, 0.2) is 0 Å². The molecule has 0 heterocycles. The summed E-state index contributed by atoms with van der Waals surface area (Å²) in [6.07, 6.45) is 0. The molecule has 0 aliphatic rings. The van der Waals surface area contributed by atoms with Crippen LogP contribution in [-0.2, 0) is 4.79 Å². The number of carbonyl (C=O) groups excluding carboxylic acids is 2. The van der Waals surface area contributed by atoms with E-state index in [0.29, 0.717) is 30.3 Å². The number of benzene rings is 2. The first kappa shape index (κ1) is 19.5. The van der Waals surface area contributed by atoms with E-state index >= 15 is 0 Å². The molecule has 0 aromatic heterocycles. The molecule has 26 heavy (non-hydrogen) atoms. The first-order chi connectivity index (χ1) is 12.4. The van der Waals surface area contributed by atoms with Crippen molar-refractivity contribution in [3.05, 3.63) is 59.7 Å². The molecule has 0 bridgehead atoms. The molecular weight excluding hydrogens is 328 g/mol. The van der Waals surface area contributed by atoms with Crippen molar-refractivity contribution in [1.29, 1.82) is 0 Å². The van der Waals surface area contributed by atoms with Gasteiger partial charge in [0.2, 0.25) is 5.91 Å². The van der Waals surface area contributed by atoms with Crippen LogP contribution in [0.25, 0.3) is 0 Å². The fraction of sp³-hybridized carbons (Fsp3) is 0.333. The van der Waals surface area contributed by atoms with E-state index < -0.39 is 0 Å². The molecule has 0 spiro atoms. The molecule has 0 atom stereocenters. The van der Waals surface area contributed by atoms with Gasteiger partial charge in [-0.05, 0) is 35.7 Å². The fourth-order valence-electron chi connectivity index (χ4n) is 2.82. The summed E-state index contributed by atoms with van der Waals surface area (Å²) in [5.74, 6) is 0.701. The maximum absolute atomic E-state index is 12.3. The Labute approximate surface area is 155 Å². The van der Waals surface area contributed by atoms with Gasteiger partial charge in [-0.1, -0.05) is 38.1 Å². The number of anilines is 1. The van der Waals surface area contributed by atoms with Gasteiger partial charge in [-0.3, -0.25) is 9.59 Å². The van der Waals surface area contributed by atoms with E-state index in [9.17, 15) is 9.59 Å². The van der Waals surface area contributed by atoms with Crippen LogP contribution in [0.1, 0.15) is 42.6 Å². The minimum Gasteiger partial charge on any atom is -0.497 e. The molecular formula is C21H26N2O3. The Morgan fingerprint density at radius 2 is 1.85 bits per heavy atom. The Morgan fingerprint density at radius 3 is 2.50 bits per heavy atom. The van der Waals surface area contributed by atoms with E-state index in [4.69, 9.17) is 4.74 Å². The van der Waals surface area contributed by atoms with Crippen molar-refractivity contribution < 1.29 is 14.3 Å². The average molecular weight is 354 g/mol. The van der Waals surface area contributed by atoms with E-state index in [-0.39, 0.29) is 11.8 Å². The summed E-state index contributed by atoms with van der Waals surface area (Å²) in [5.41, 5.74) is 2.54. The largest absolute Gasteiger partial charge is 0.497 e. The summed E-state index contributed by atoms with van der Waals surface area (Å²) in [7, 11) is 1.56. The molecule has 2 aromatic carbocycles. The van der Waals surface area contributed by atoms with Crippen molar-refractivity contribution in [2.24, 2.45) is 0 Å². The van der Waals surface area contributed by atoms with Crippen LogP contribution in [0, 0.1) is 0 Å². The van der Waals surface area contributed by atoms with E-state index in [0.717, 1.165) is 11.3 Å². The third kappa shape index (κ3) is 4.85. The number of para-hydroxylation sites is 1. The van der Waals surface area contributed by atoms with Crippen LogP contribution in [0.5, 0.6) is 5.75 Å². The van der Waals surface area contributed by atoms with Gasteiger partial charge in [0.05, 0.1) is 7.11 Å². The Morgan fingerprint density at radius 1 is 1.12 bits per heavy atom. The lowest BCUT2D eigenvalue weighted by Crippen LogP contribution is -2.38. The van der Waals surface area contributed by atoms with Gasteiger partial charge < -0.3 is 15.0 Å². The van der Waals surface area contributed by atoms with Gasteiger partial charge in [-0.25, -0.2) is 0 Å². The van der Waals surface area contributed by atoms with Crippen molar-refractivity contribution >= 4 is 17.5 Å². The zero-order valence-corrected chi connectivity index (χ0v) is 15.8. The smallest absolute Gasteiger partial charge is 0.251 e. The lowest BCUT2D eigenvalue weighted by Gasteiger charge is -2.25. The zero-order valence-electron chi connectivity index (χ0n) is 15.8. The second-order valence-electron chi connectivity index (χ2n) is 6.37. The molecule has 5 nitrogen and oxygen atoms in total. The molecule has 0 aliphatic heterocycles. The molecule has 0 aliphatic carbocycles. The maximum atomic E-state index is 12.3. The van der Waals surface area contributed by atoms with E-state index in [1.807, 2.05) is 24.3 Å². The predicted octanol–water partition coefficient (Wildman–Crippen LogP) is 3.60. The van der Waals surface area contributed by atoms with Crippen LogP contribution >= 0.6 is 0 Å². The number of methoxy groups -OCH3 is 1. The summed E-state index contributed by atoms with van der Waals surface area (Å²) < 4.78 is 5.14. The number of hydrogen-bond acceptors (Lipinski definition) is 3. The van der Waals surface area contributed by atoms with Gasteiger partial charge in [0.25, 0.3) is 5.91 Å². The number of rotatable bonds is 7. The van der Waals surface area contributed by atoms with Crippen LogP contribution in [0.15, 0.2) is 48.5 Å². The molecule has 2 rings (SSSR count). The Balaban J connectivity index is 2.06. The van der Waals surface area contributed by atoms with Gasteiger partial charge in [0.1, 0.15) is 5.75 Å². The standard InChI is InChI=1S/C21H26N2O3/c1-15(2)19-10-5-6-11-20(19)23(16(3)24)13-12-22-21(25)17-8-7-9-18(14-17)26-4/h5-11,14-15H,12-13H2,1-4H3,(H,22,25). The molecule has 0 unspecified atom stereocenters. The first-order valence-electron chi connectivity index (χ1n) is 8.73. The molecule has 0 saturated heterocycles. The van der Waals surface area contributed by atoms with E-state index in [1.54, 1.807) is 43.2 Å². The second-order valence-corrected chi connectivity index (χ2v) is 6.37. The summed E-state index contributed by atoms with van der Waals surface area (Å²) in [6.45, 7) is 6.52. The number of ether oxygens (including phenoxy) is 1. The number of hydrogen-bond donors (Lipinski definition) is 1. The third-order valence-corrected chi connectivity index (χ3v) is 4.18. The van der Waals surface area contributed by atoms with Gasteiger partial charge >= 0.3 is 0 Å². The fourth-order valence-corrected chi connectivity index (χ4v) is 2.82. The highest BCUT2D eigenvalue weighted by Gasteiger charge is 2.17. The zero-order chi connectivity index (χ0) is 19.1. The minimum absolute atomic E-state index is 0.0475. The quantitative estimate of drug-likeness (QED) is 0.826. The van der Waals surface area contributed by atoms with Crippen molar-refractivity contribution in [2.75, 3.05) is 25.1 Å². The third-order valence-electron chi connectivity index (χ3n) is 4.18. The maximum Gasteiger partial charge on any atom is 0.251 e. The molecule has 2 aromatic rings. The molecule has 138 valence electrons. The van der Waals surface area contributed by atoms with Crippen LogP contribution in [0.3, 0.4) is 0 Å². The van der Waals surface area contributed by atoms with Crippen LogP contribution < -0.4 is 15.0 Å². The highest BCUT2D eigenvalue weighted by molar-refractivity contribution is 5.95. The Hall–Kier alpha value is -2.82. The van der Waals surface area contributed by atoms with Gasteiger partial charge in [0, 0.05) is 31.3 Å². The molecule has 5 heteroatoms. The lowest BCUT2D eigenvalue weighted by atomic mass is 10.0. The Bertz CT molecular complexity index is 771. The van der Waals surface area contributed by atoms with Gasteiger partial charge in [-0.2, -0.15) is 0 Å². The number of nitrogens with one attached hydrogen (secondary N) is 1. The first-order valence-corrected chi connectivity index (χ1v) is 8.73. The summed E-state index contributed by atoms with van der Waals surface area (Å²) in [6, 6.07) is 14.9. The van der Waals surface area contributed by atoms with E-state index in [2.05, 4.69) is 19.2 Å². The normalized spacial score (nSPS) is 10.5. The highest BCUT2D eigenvalue weighted by atomic mass is 16.5. The predicted molar refractivity (Wildman–Crippen MR) is 104 cm³/mol. The van der Waals surface area contributed by atoms with Crippen LogP contribution in [0.4, 0.5) is 5.69 Å². The Kier molecular flexibility index (Phi) is 6.78. The SMILES string of the molecule is COc1cccc(C(=O)NCCN(C(C)=O)c2ccccc2C(C)C)c1. The number of amides is 2. The molecule has 0 fully saturated rings. The summed E-state index contributed by atoms with van der Waals surface area (Å²) in [5, 5.41) is 2.87. The topological polar surface area (TPSA) is 58.6 Å². The van der Waals surface area contributed by atoms with Gasteiger partial charge in [-0.15, -0.1) is 0 Å². The van der Waals surface area contributed by atoms with Crippen molar-refractivity contribution in [2.45, 2.75) is 26.7 Å². The molecule has 1 N–H and O–H groups in total. The monoisotopic (exact) mass is 354 g/mol. The van der Waals surface area contributed by atoms with Crippen molar-refractivity contribution in [1.82, 2.24) is 5.32 Å². The van der Waals surface area contributed by atoms with Crippen LogP contribution in [0.2, 0.25) is 0 Å². The molecule has 0 saturated carbocycles. The minimum atomic E-state index is -0.190. The average Bonchev–Trinajstić information content (AvgIpc) is 2.64. The summed E-state index contributed by atoms with van der Waals surface area (Å²) >= 11 is 0. The second kappa shape index (κ2) is 9.04. The highest BCUT2D eigenvalue weighted by Crippen LogP contribution is 2.27. The molecule has 2 amide bonds. The number of carbonyl (C=O) groups is 2. The van der Waals surface area contributed by atoms with E-state index in [1.165, 1.54) is 0 Å². The number of nitrogens with zero attached hydrogens (tertiary/aromatic N) is 1. The lowest BCUT2D eigenvalue weighted by molar-refractivity contribution is -0.116.